The molecule has 0 atom stereocenters. The predicted octanol–water partition coefficient (Wildman–Crippen LogP) is 4.02. The Labute approximate surface area is 126 Å². The van der Waals surface area contributed by atoms with Crippen molar-refractivity contribution in [2.75, 3.05) is 0 Å². The van der Waals surface area contributed by atoms with Gasteiger partial charge in [0.25, 0.3) is 5.91 Å². The summed E-state index contributed by atoms with van der Waals surface area (Å²) >= 11 is 8.41. The van der Waals surface area contributed by atoms with E-state index in [1.54, 1.807) is 11.3 Å². The van der Waals surface area contributed by atoms with Gasteiger partial charge in [0.05, 0.1) is 6.54 Å². The molecule has 0 radical (unpaired) electrons. The molecule has 3 nitrogen and oxygen atoms in total. The number of hydrogen-bond acceptors (Lipinski definition) is 2. The normalized spacial score (nSPS) is 10.6. The number of hydrogen-bond donors (Lipinski definition) is 1. The molecule has 96 valence electrons. The summed E-state index contributed by atoms with van der Waals surface area (Å²) in [6, 6.07) is 3.85. The average Bonchev–Trinajstić information content (AvgIpc) is 2.92. The first-order valence-corrected chi connectivity index (χ1v) is 7.93. The Hall–Kier alpha value is -0.590. The van der Waals surface area contributed by atoms with Gasteiger partial charge in [-0.2, -0.15) is 0 Å². The first kappa shape index (κ1) is 13.8. The van der Waals surface area contributed by atoms with Crippen LogP contribution in [0.3, 0.4) is 0 Å². The summed E-state index contributed by atoms with van der Waals surface area (Å²) in [6.45, 7) is 3.35. The van der Waals surface area contributed by atoms with Crippen LogP contribution in [0.4, 0.5) is 0 Å². The topological polar surface area (TPSA) is 34.0 Å². The summed E-state index contributed by atoms with van der Waals surface area (Å²) in [4.78, 5) is 13.2. The third-order valence-corrected chi connectivity index (χ3v) is 4.61. The smallest absolute Gasteiger partial charge is 0.268 e. The number of nitrogens with zero attached hydrogens (tertiary/aromatic N) is 1. The molecule has 0 aliphatic carbocycles. The molecule has 0 saturated heterocycles. The van der Waals surface area contributed by atoms with Crippen molar-refractivity contribution in [2.45, 2.75) is 20.0 Å². The number of thiophene rings is 1. The van der Waals surface area contributed by atoms with Crippen molar-refractivity contribution in [2.24, 2.45) is 0 Å². The molecule has 2 heterocycles. The summed E-state index contributed by atoms with van der Waals surface area (Å²) in [5, 5.41) is 4.93. The zero-order valence-corrected chi connectivity index (χ0v) is 13.7. The van der Waals surface area contributed by atoms with Crippen LogP contribution < -0.4 is 5.32 Å². The summed E-state index contributed by atoms with van der Waals surface area (Å²) in [7, 11) is 0. The van der Waals surface area contributed by atoms with E-state index in [0.717, 1.165) is 20.4 Å². The molecular formula is C12H12Br2N2OS. The average molecular weight is 392 g/mol. The molecule has 0 bridgehead atoms. The number of nitrogens with one attached hydrogen (secondary N) is 1. The van der Waals surface area contributed by atoms with Crippen molar-refractivity contribution >= 4 is 49.1 Å². The van der Waals surface area contributed by atoms with Crippen LogP contribution in [0.5, 0.6) is 0 Å². The zero-order chi connectivity index (χ0) is 13.1. The fourth-order valence-electron chi connectivity index (χ4n) is 1.63. The largest absolute Gasteiger partial charge is 0.346 e. The number of aryl methyl sites for hydroxylation is 1. The number of aromatic nitrogens is 1. The fourth-order valence-corrected chi connectivity index (χ4v) is 3.49. The number of halogens is 2. The van der Waals surface area contributed by atoms with E-state index in [1.807, 2.05) is 35.2 Å². The molecule has 6 heteroatoms. The van der Waals surface area contributed by atoms with Crippen molar-refractivity contribution in [3.8, 4) is 0 Å². The molecule has 2 aromatic heterocycles. The summed E-state index contributed by atoms with van der Waals surface area (Å²) < 4.78 is 3.90. The summed E-state index contributed by atoms with van der Waals surface area (Å²) in [6.07, 6.45) is 1.91. The van der Waals surface area contributed by atoms with Gasteiger partial charge in [-0.3, -0.25) is 4.79 Å². The Balaban J connectivity index is 2.03. The van der Waals surface area contributed by atoms with E-state index < -0.39 is 0 Å². The second-order valence-corrected chi connectivity index (χ2v) is 6.57. The Kier molecular flexibility index (Phi) is 4.64. The van der Waals surface area contributed by atoms with E-state index in [1.165, 1.54) is 0 Å². The van der Waals surface area contributed by atoms with Gasteiger partial charge in [0.1, 0.15) is 5.69 Å². The van der Waals surface area contributed by atoms with E-state index in [4.69, 9.17) is 0 Å². The van der Waals surface area contributed by atoms with Crippen molar-refractivity contribution < 1.29 is 4.79 Å². The number of rotatable bonds is 4. The molecule has 0 aliphatic heterocycles. The van der Waals surface area contributed by atoms with Gasteiger partial charge in [-0.25, -0.2) is 0 Å². The standard InChI is InChI=1S/C12H12Br2N2OS/c1-2-16-6-8(13)4-11(16)12(17)15-5-10-3-9(14)7-18-10/h3-4,6-7H,2,5H2,1H3,(H,15,17). The minimum atomic E-state index is -0.0490. The van der Waals surface area contributed by atoms with Crippen LogP contribution in [0, 0.1) is 0 Å². The molecule has 0 spiro atoms. The van der Waals surface area contributed by atoms with Crippen molar-refractivity contribution in [3.63, 3.8) is 0 Å². The summed E-state index contributed by atoms with van der Waals surface area (Å²) in [5.74, 6) is -0.0490. The number of amides is 1. The van der Waals surface area contributed by atoms with Crippen molar-refractivity contribution in [1.82, 2.24) is 9.88 Å². The SMILES string of the molecule is CCn1cc(Br)cc1C(=O)NCc1cc(Br)cs1. The highest BCUT2D eigenvalue weighted by atomic mass is 79.9. The van der Waals surface area contributed by atoms with Crippen LogP contribution in [0.25, 0.3) is 0 Å². The quantitative estimate of drug-likeness (QED) is 0.838. The van der Waals surface area contributed by atoms with Gasteiger partial charge in [0, 0.05) is 31.9 Å². The molecule has 0 aromatic carbocycles. The molecule has 1 N–H and O–H groups in total. The maximum absolute atomic E-state index is 12.1. The second kappa shape index (κ2) is 6.04. The van der Waals surface area contributed by atoms with Gasteiger partial charge in [-0.15, -0.1) is 11.3 Å². The lowest BCUT2D eigenvalue weighted by molar-refractivity contribution is 0.0942. The predicted molar refractivity (Wildman–Crippen MR) is 81.0 cm³/mol. The van der Waals surface area contributed by atoms with Crippen molar-refractivity contribution in [1.29, 1.82) is 0 Å². The third kappa shape index (κ3) is 3.24. The Morgan fingerprint density at radius 3 is 2.78 bits per heavy atom. The lowest BCUT2D eigenvalue weighted by atomic mass is 10.4. The van der Waals surface area contributed by atoms with Gasteiger partial charge < -0.3 is 9.88 Å². The Bertz CT molecular complexity index is 562. The maximum Gasteiger partial charge on any atom is 0.268 e. The third-order valence-electron chi connectivity index (χ3n) is 2.48. The van der Waals surface area contributed by atoms with E-state index >= 15 is 0 Å². The van der Waals surface area contributed by atoms with E-state index in [-0.39, 0.29) is 5.91 Å². The van der Waals surface area contributed by atoms with Gasteiger partial charge >= 0.3 is 0 Å². The molecular weight excluding hydrogens is 380 g/mol. The van der Waals surface area contributed by atoms with Crippen LogP contribution >= 0.6 is 43.2 Å². The highest BCUT2D eigenvalue weighted by Crippen LogP contribution is 2.20. The van der Waals surface area contributed by atoms with Crippen LogP contribution in [0.15, 0.2) is 32.7 Å². The Morgan fingerprint density at radius 1 is 1.39 bits per heavy atom. The summed E-state index contributed by atoms with van der Waals surface area (Å²) in [5.41, 5.74) is 0.681. The maximum atomic E-state index is 12.1. The molecule has 0 saturated carbocycles. The lowest BCUT2D eigenvalue weighted by Crippen LogP contribution is -2.24. The Morgan fingerprint density at radius 2 is 2.17 bits per heavy atom. The molecule has 0 fully saturated rings. The molecule has 2 aromatic rings. The molecule has 2 rings (SSSR count). The first-order chi connectivity index (χ1) is 8.60. The highest BCUT2D eigenvalue weighted by molar-refractivity contribution is 9.10. The van der Waals surface area contributed by atoms with Crippen LogP contribution in [-0.2, 0) is 13.1 Å². The van der Waals surface area contributed by atoms with Crippen molar-refractivity contribution in [3.05, 3.63) is 43.2 Å². The zero-order valence-electron chi connectivity index (χ0n) is 9.74. The number of carbonyl (C=O) groups is 1. The van der Waals surface area contributed by atoms with Gasteiger partial charge in [-0.1, -0.05) is 0 Å². The molecule has 0 unspecified atom stereocenters. The minimum absolute atomic E-state index is 0.0490. The number of carbonyl (C=O) groups excluding carboxylic acids is 1. The first-order valence-electron chi connectivity index (χ1n) is 5.47. The van der Waals surface area contributed by atoms with Gasteiger partial charge in [-0.05, 0) is 50.9 Å². The minimum Gasteiger partial charge on any atom is -0.346 e. The van der Waals surface area contributed by atoms with Crippen LogP contribution in [0.1, 0.15) is 22.3 Å². The van der Waals surface area contributed by atoms with Crippen LogP contribution in [-0.4, -0.2) is 10.5 Å². The molecule has 18 heavy (non-hydrogen) atoms. The van der Waals surface area contributed by atoms with E-state index in [0.29, 0.717) is 12.2 Å². The molecule has 1 amide bonds. The second-order valence-electron chi connectivity index (χ2n) is 3.74. The highest BCUT2D eigenvalue weighted by Gasteiger charge is 2.12. The fraction of sp³-hybridized carbons (Fsp3) is 0.250. The van der Waals surface area contributed by atoms with E-state index in [2.05, 4.69) is 37.2 Å². The lowest BCUT2D eigenvalue weighted by Gasteiger charge is -2.06. The molecule has 0 aliphatic rings. The van der Waals surface area contributed by atoms with E-state index in [9.17, 15) is 4.79 Å². The van der Waals surface area contributed by atoms with Gasteiger partial charge in [0.15, 0.2) is 0 Å². The van der Waals surface area contributed by atoms with Crippen LogP contribution in [0.2, 0.25) is 0 Å². The monoisotopic (exact) mass is 390 g/mol. The van der Waals surface area contributed by atoms with Gasteiger partial charge in [0.2, 0.25) is 0 Å².